The number of amides is 1. The van der Waals surface area contributed by atoms with Crippen LogP contribution < -0.4 is 21.6 Å². The first-order valence-corrected chi connectivity index (χ1v) is 5.67. The fraction of sp³-hybridized carbons (Fsp3) is 0.222. The molecule has 17 heavy (non-hydrogen) atoms. The lowest BCUT2D eigenvalue weighted by molar-refractivity contribution is -0.644. The minimum absolute atomic E-state index is 0. The summed E-state index contributed by atoms with van der Waals surface area (Å²) in [6, 6.07) is 9.40. The highest BCUT2D eigenvalue weighted by Crippen LogP contribution is 2.00. The van der Waals surface area contributed by atoms with Crippen LogP contribution in [0.25, 0.3) is 0 Å². The van der Waals surface area contributed by atoms with Crippen LogP contribution in [0.3, 0.4) is 0 Å². The van der Waals surface area contributed by atoms with Gasteiger partial charge in [-0.25, -0.2) is 4.67 Å². The molecule has 1 aromatic rings. The van der Waals surface area contributed by atoms with E-state index in [-0.39, 0.29) is 13.4 Å². The highest BCUT2D eigenvalue weighted by molar-refractivity contribution is 7.30. The summed E-state index contributed by atoms with van der Waals surface area (Å²) >= 11 is 0. The summed E-state index contributed by atoms with van der Waals surface area (Å²) in [5.74, 6) is -0.348. The molecule has 0 radical (unpaired) electrons. The average molecular weight is 262 g/mol. The SMILES string of the molecule is NC(=O)C([NH3+])Cc1ccccc1.O=[P+]([O-])O[O-].[HH]. The van der Waals surface area contributed by atoms with Gasteiger partial charge in [-0.15, -0.1) is 0 Å². The quantitative estimate of drug-likeness (QED) is 0.361. The monoisotopic (exact) mass is 262 g/mol. The van der Waals surface area contributed by atoms with Crippen molar-refractivity contribution in [3.63, 3.8) is 0 Å². The Balaban J connectivity index is 0. The second-order valence-electron chi connectivity index (χ2n) is 3.09. The van der Waals surface area contributed by atoms with E-state index >= 15 is 0 Å². The molecule has 2 unspecified atom stereocenters. The number of rotatable bonds is 4. The van der Waals surface area contributed by atoms with Gasteiger partial charge in [0.25, 0.3) is 5.91 Å². The molecule has 1 amide bonds. The second-order valence-corrected chi connectivity index (χ2v) is 3.68. The highest BCUT2D eigenvalue weighted by Gasteiger charge is 2.12. The molecule has 0 heterocycles. The Kier molecular flexibility index (Phi) is 8.04. The molecule has 0 bridgehead atoms. The molecule has 7 nitrogen and oxygen atoms in total. The fourth-order valence-electron chi connectivity index (χ4n) is 0.999. The molecule has 0 aliphatic carbocycles. The van der Waals surface area contributed by atoms with E-state index in [1.54, 1.807) is 0 Å². The third-order valence-electron chi connectivity index (χ3n) is 1.79. The van der Waals surface area contributed by atoms with Crippen molar-refractivity contribution >= 4 is 14.2 Å². The van der Waals surface area contributed by atoms with Gasteiger partial charge in [-0.2, -0.15) is 0 Å². The molecule has 1 aromatic carbocycles. The van der Waals surface area contributed by atoms with E-state index in [1.165, 1.54) is 0 Å². The van der Waals surface area contributed by atoms with Gasteiger partial charge >= 0.3 is 8.25 Å². The van der Waals surface area contributed by atoms with Crippen molar-refractivity contribution < 1.29 is 31.3 Å². The fourth-order valence-corrected chi connectivity index (χ4v) is 0.999. The van der Waals surface area contributed by atoms with Gasteiger partial charge in [-0.05, 0) is 10.1 Å². The standard InChI is InChI=1S/C9H12N2O.HO4P.H2/c10-8(9(11)12)6-7-4-2-1-3-5-7;1-4-5(2)3;/h1-5,8H,6,10H2,(H2,11,12);1H;1H. The van der Waals surface area contributed by atoms with Crippen molar-refractivity contribution in [3.05, 3.63) is 35.9 Å². The number of carbonyl (C=O) groups is 1. The molecular weight excluding hydrogens is 247 g/mol. The smallest absolute Gasteiger partial charge is 0.479 e. The molecule has 0 fully saturated rings. The zero-order valence-electron chi connectivity index (χ0n) is 8.94. The van der Waals surface area contributed by atoms with Gasteiger partial charge < -0.3 is 21.6 Å². The van der Waals surface area contributed by atoms with Crippen LogP contribution in [0.1, 0.15) is 6.99 Å². The van der Waals surface area contributed by atoms with E-state index in [1.807, 2.05) is 30.3 Å². The number of primary amides is 1. The summed E-state index contributed by atoms with van der Waals surface area (Å²) < 4.78 is 11.3. The first kappa shape index (κ1) is 15.6. The van der Waals surface area contributed by atoms with Crippen LogP contribution in [0.4, 0.5) is 0 Å². The van der Waals surface area contributed by atoms with Crippen LogP contribution in [0, 0.1) is 0 Å². The predicted octanol–water partition coefficient (Wildman–Crippen LogP) is -2.13. The number of hydrogen-bond acceptors (Lipinski definition) is 5. The molecule has 8 heteroatoms. The van der Waals surface area contributed by atoms with E-state index in [0.29, 0.717) is 6.42 Å². The number of hydrogen-bond donors (Lipinski definition) is 2. The molecule has 5 N–H and O–H groups in total. The molecule has 0 aliphatic heterocycles. The van der Waals surface area contributed by atoms with E-state index in [0.717, 1.165) is 5.56 Å². The number of benzene rings is 1. The minimum Gasteiger partial charge on any atom is -0.674 e. The number of quaternary nitrogens is 1. The lowest BCUT2D eigenvalue weighted by Crippen LogP contribution is -2.67. The lowest BCUT2D eigenvalue weighted by atomic mass is 10.1. The van der Waals surface area contributed by atoms with Gasteiger partial charge in [0.2, 0.25) is 0 Å². The van der Waals surface area contributed by atoms with Gasteiger partial charge in [0.05, 0.1) is 0 Å². The van der Waals surface area contributed by atoms with Crippen LogP contribution in [-0.2, 0) is 20.5 Å². The summed E-state index contributed by atoms with van der Waals surface area (Å²) in [5.41, 5.74) is 9.83. The van der Waals surface area contributed by atoms with E-state index in [2.05, 4.69) is 10.4 Å². The molecule has 0 aromatic heterocycles. The Hall–Kier alpha value is -1.37. The Bertz CT molecular complexity index is 365. The van der Waals surface area contributed by atoms with Gasteiger partial charge in [0.15, 0.2) is 6.04 Å². The molecule has 0 aliphatic rings. The van der Waals surface area contributed by atoms with Crippen molar-refractivity contribution in [2.24, 2.45) is 5.73 Å². The van der Waals surface area contributed by atoms with Crippen LogP contribution in [0.15, 0.2) is 30.3 Å². The Morgan fingerprint density at radius 1 is 1.53 bits per heavy atom. The Morgan fingerprint density at radius 3 is 2.35 bits per heavy atom. The molecule has 96 valence electrons. The first-order valence-electron chi connectivity index (χ1n) is 4.58. The normalized spacial score (nSPS) is 12.1. The van der Waals surface area contributed by atoms with Gasteiger partial charge in [-0.1, -0.05) is 30.3 Å². The van der Waals surface area contributed by atoms with Crippen LogP contribution >= 0.6 is 8.25 Å². The van der Waals surface area contributed by atoms with Crippen molar-refractivity contribution in [3.8, 4) is 0 Å². The topological polar surface area (TPSA) is 143 Å². The van der Waals surface area contributed by atoms with Gasteiger partial charge in [0, 0.05) is 7.85 Å². The van der Waals surface area contributed by atoms with Crippen LogP contribution in [0.5, 0.6) is 0 Å². The summed E-state index contributed by atoms with van der Waals surface area (Å²) in [4.78, 5) is 19.5. The largest absolute Gasteiger partial charge is 0.674 e. The van der Waals surface area contributed by atoms with Gasteiger partial charge in [-0.3, -0.25) is 4.79 Å². The molecular formula is C9H15N2O5P. The third kappa shape index (κ3) is 8.44. The number of nitrogens with two attached hydrogens (primary N) is 1. The Labute approximate surface area is 100 Å². The van der Waals surface area contributed by atoms with E-state index in [9.17, 15) is 4.79 Å². The zero-order chi connectivity index (χ0) is 13.3. The second kappa shape index (κ2) is 8.74. The average Bonchev–Trinajstić information content (AvgIpc) is 2.31. The van der Waals surface area contributed by atoms with Crippen molar-refractivity contribution in [2.45, 2.75) is 12.5 Å². The zero-order valence-corrected chi connectivity index (χ0v) is 9.84. The minimum atomic E-state index is -3.15. The summed E-state index contributed by atoms with van der Waals surface area (Å²) in [5, 5.41) is 8.53. The van der Waals surface area contributed by atoms with Crippen LogP contribution in [-0.4, -0.2) is 11.9 Å². The predicted molar refractivity (Wildman–Crippen MR) is 56.8 cm³/mol. The third-order valence-corrected chi connectivity index (χ3v) is 1.91. The molecule has 0 saturated carbocycles. The number of carbonyl (C=O) groups excluding carboxylic acids is 1. The van der Waals surface area contributed by atoms with Gasteiger partial charge in [0.1, 0.15) is 0 Å². The Morgan fingerprint density at radius 2 is 2.00 bits per heavy atom. The summed E-state index contributed by atoms with van der Waals surface area (Å²) in [7, 11) is -3.15. The molecule has 0 spiro atoms. The van der Waals surface area contributed by atoms with E-state index in [4.69, 9.17) is 20.4 Å². The van der Waals surface area contributed by atoms with Crippen LogP contribution in [0.2, 0.25) is 0 Å². The molecule has 2 atom stereocenters. The summed E-state index contributed by atoms with van der Waals surface area (Å²) in [6.45, 7) is 0. The molecule has 1 rings (SSSR count). The highest BCUT2D eigenvalue weighted by atomic mass is 31.1. The first-order chi connectivity index (χ1) is 7.97. The maximum atomic E-state index is 10.7. The maximum Gasteiger partial charge on any atom is 0.479 e. The molecule has 0 saturated heterocycles. The van der Waals surface area contributed by atoms with Crippen molar-refractivity contribution in [2.75, 3.05) is 0 Å². The van der Waals surface area contributed by atoms with Crippen molar-refractivity contribution in [1.29, 1.82) is 0 Å². The summed E-state index contributed by atoms with van der Waals surface area (Å²) in [6.07, 6.45) is 0.621. The lowest BCUT2D eigenvalue weighted by Gasteiger charge is -2.03. The maximum absolute atomic E-state index is 10.7. The van der Waals surface area contributed by atoms with Crippen molar-refractivity contribution in [1.82, 2.24) is 0 Å². The van der Waals surface area contributed by atoms with E-state index < -0.39 is 8.25 Å².